The number of amides is 3. The second-order valence-corrected chi connectivity index (χ2v) is 10.3. The van der Waals surface area contributed by atoms with E-state index in [4.69, 9.17) is 4.74 Å². The van der Waals surface area contributed by atoms with Crippen molar-refractivity contribution in [3.8, 4) is 0 Å². The van der Waals surface area contributed by atoms with Gasteiger partial charge >= 0.3 is 6.03 Å². The molecule has 0 atom stereocenters. The third-order valence-electron chi connectivity index (χ3n) is 6.13. The Morgan fingerprint density at radius 1 is 0.865 bits per heavy atom. The van der Waals surface area contributed by atoms with Crippen LogP contribution in [0.3, 0.4) is 0 Å². The van der Waals surface area contributed by atoms with Crippen molar-refractivity contribution in [2.75, 3.05) is 32.1 Å². The number of hydrogen-bond acceptors (Lipinski definition) is 4. The Hall–Kier alpha value is -3.68. The van der Waals surface area contributed by atoms with Crippen molar-refractivity contribution in [3.63, 3.8) is 0 Å². The average molecular weight is 516 g/mol. The maximum atomic E-state index is 13.6. The molecule has 37 heavy (non-hydrogen) atoms. The first-order chi connectivity index (χ1) is 18.0. The van der Waals surface area contributed by atoms with E-state index in [1.165, 1.54) is 4.88 Å². The molecular formula is C30H33N3O3S. The SMILES string of the molecule is COCCCN(CC(=O)N(Cc1ccccc1)Cc1ccc(C)s1)C(=O)Nc1cccc2ccccc12. The molecule has 4 aromatic rings. The zero-order valence-electron chi connectivity index (χ0n) is 21.4. The molecule has 0 spiro atoms. The third-order valence-corrected chi connectivity index (χ3v) is 7.12. The van der Waals surface area contributed by atoms with E-state index in [0.29, 0.717) is 32.7 Å². The van der Waals surface area contributed by atoms with E-state index in [1.807, 2.05) is 77.7 Å². The van der Waals surface area contributed by atoms with Crippen molar-refractivity contribution in [2.45, 2.75) is 26.4 Å². The largest absolute Gasteiger partial charge is 0.385 e. The van der Waals surface area contributed by atoms with E-state index in [0.717, 1.165) is 26.9 Å². The average Bonchev–Trinajstić information content (AvgIpc) is 3.33. The number of carbonyl (C=O) groups excluding carboxylic acids is 2. The van der Waals surface area contributed by atoms with Gasteiger partial charge in [0.25, 0.3) is 0 Å². The molecular weight excluding hydrogens is 482 g/mol. The normalized spacial score (nSPS) is 10.9. The zero-order valence-corrected chi connectivity index (χ0v) is 22.2. The molecule has 1 N–H and O–H groups in total. The summed E-state index contributed by atoms with van der Waals surface area (Å²) in [6, 6.07) is 27.5. The van der Waals surface area contributed by atoms with Gasteiger partial charge in [-0.1, -0.05) is 66.7 Å². The van der Waals surface area contributed by atoms with Crippen LogP contribution in [0.25, 0.3) is 10.8 Å². The molecule has 0 saturated heterocycles. The number of rotatable bonds is 11. The van der Waals surface area contributed by atoms with Crippen LogP contribution in [0.2, 0.25) is 0 Å². The number of hydrogen-bond donors (Lipinski definition) is 1. The molecule has 1 aromatic heterocycles. The molecule has 3 aromatic carbocycles. The number of methoxy groups -OCH3 is 1. The molecule has 0 aliphatic heterocycles. The number of thiophene rings is 1. The molecule has 0 aliphatic rings. The molecule has 1 heterocycles. The lowest BCUT2D eigenvalue weighted by Crippen LogP contribution is -2.44. The summed E-state index contributed by atoms with van der Waals surface area (Å²) < 4.78 is 5.21. The molecule has 0 fully saturated rings. The number of carbonyl (C=O) groups is 2. The van der Waals surface area contributed by atoms with Crippen LogP contribution < -0.4 is 5.32 Å². The Kier molecular flexibility index (Phi) is 9.29. The van der Waals surface area contributed by atoms with Crippen molar-refractivity contribution in [3.05, 3.63) is 100 Å². The topological polar surface area (TPSA) is 61.9 Å². The summed E-state index contributed by atoms with van der Waals surface area (Å²) in [7, 11) is 1.64. The highest BCUT2D eigenvalue weighted by Crippen LogP contribution is 2.24. The summed E-state index contributed by atoms with van der Waals surface area (Å²) in [5.74, 6) is -0.0969. The van der Waals surface area contributed by atoms with E-state index < -0.39 is 0 Å². The smallest absolute Gasteiger partial charge is 0.322 e. The molecule has 4 rings (SSSR count). The van der Waals surface area contributed by atoms with Gasteiger partial charge in [-0.05, 0) is 42.5 Å². The van der Waals surface area contributed by atoms with E-state index >= 15 is 0 Å². The summed E-state index contributed by atoms with van der Waals surface area (Å²) in [4.78, 5) is 32.8. The molecule has 192 valence electrons. The van der Waals surface area contributed by atoms with E-state index in [2.05, 4.69) is 24.4 Å². The van der Waals surface area contributed by atoms with Crippen LogP contribution in [0, 0.1) is 6.92 Å². The lowest BCUT2D eigenvalue weighted by molar-refractivity contribution is -0.133. The summed E-state index contributed by atoms with van der Waals surface area (Å²) in [6.45, 7) is 3.95. The standard InChI is InChI=1S/C30H33N3O3S/c1-23-16-17-26(37-23)21-33(20-24-10-4-3-5-11-24)29(34)22-32(18-9-19-36-2)30(35)31-28-15-8-13-25-12-6-7-14-27(25)28/h3-8,10-17H,9,18-22H2,1-2H3,(H,31,35). The maximum absolute atomic E-state index is 13.6. The Morgan fingerprint density at radius 3 is 2.38 bits per heavy atom. The fourth-order valence-electron chi connectivity index (χ4n) is 4.24. The van der Waals surface area contributed by atoms with Crippen molar-refractivity contribution in [1.82, 2.24) is 9.80 Å². The number of benzene rings is 3. The first kappa shape index (κ1) is 26.4. The summed E-state index contributed by atoms with van der Waals surface area (Å²) in [6.07, 6.45) is 0.634. The molecule has 0 radical (unpaired) electrons. The van der Waals surface area contributed by atoms with Crippen molar-refractivity contribution in [1.29, 1.82) is 0 Å². The zero-order chi connectivity index (χ0) is 26.0. The summed E-state index contributed by atoms with van der Waals surface area (Å²) in [5.41, 5.74) is 1.78. The van der Waals surface area contributed by atoms with E-state index in [9.17, 15) is 9.59 Å². The first-order valence-corrected chi connectivity index (χ1v) is 13.2. The molecule has 0 saturated carbocycles. The Balaban J connectivity index is 1.53. The highest BCUT2D eigenvalue weighted by molar-refractivity contribution is 7.11. The predicted octanol–water partition coefficient (Wildman–Crippen LogP) is 6.31. The van der Waals surface area contributed by atoms with Gasteiger partial charge in [0.1, 0.15) is 6.54 Å². The van der Waals surface area contributed by atoms with Crippen molar-refractivity contribution < 1.29 is 14.3 Å². The maximum Gasteiger partial charge on any atom is 0.322 e. The van der Waals surface area contributed by atoms with Crippen LogP contribution in [0.5, 0.6) is 0 Å². The number of ether oxygens (including phenoxy) is 1. The highest BCUT2D eigenvalue weighted by Gasteiger charge is 2.23. The molecule has 0 aliphatic carbocycles. The van der Waals surface area contributed by atoms with Gasteiger partial charge in [-0.15, -0.1) is 11.3 Å². The van der Waals surface area contributed by atoms with Crippen LogP contribution in [0.1, 0.15) is 21.7 Å². The molecule has 3 amide bonds. The van der Waals surface area contributed by atoms with E-state index in [1.54, 1.807) is 23.3 Å². The number of urea groups is 1. The molecule has 6 nitrogen and oxygen atoms in total. The minimum atomic E-state index is -0.299. The van der Waals surface area contributed by atoms with Gasteiger partial charge in [-0.3, -0.25) is 4.79 Å². The summed E-state index contributed by atoms with van der Waals surface area (Å²) in [5, 5.41) is 5.04. The monoisotopic (exact) mass is 515 g/mol. The van der Waals surface area contributed by atoms with Crippen molar-refractivity contribution in [2.24, 2.45) is 0 Å². The molecule has 7 heteroatoms. The number of fused-ring (bicyclic) bond motifs is 1. The highest BCUT2D eigenvalue weighted by atomic mass is 32.1. The van der Waals surface area contributed by atoms with Gasteiger partial charge in [0, 0.05) is 41.9 Å². The summed E-state index contributed by atoms with van der Waals surface area (Å²) >= 11 is 1.69. The Morgan fingerprint density at radius 2 is 1.62 bits per heavy atom. The Bertz CT molecular complexity index is 1320. The van der Waals surface area contributed by atoms with Gasteiger partial charge in [0.2, 0.25) is 5.91 Å². The minimum Gasteiger partial charge on any atom is -0.385 e. The van der Waals surface area contributed by atoms with E-state index in [-0.39, 0.29) is 18.5 Å². The second kappa shape index (κ2) is 13.0. The van der Waals surface area contributed by atoms with Gasteiger partial charge in [-0.2, -0.15) is 0 Å². The second-order valence-electron chi connectivity index (χ2n) is 8.97. The number of aryl methyl sites for hydroxylation is 1. The van der Waals surface area contributed by atoms with Crippen LogP contribution in [0.4, 0.5) is 10.5 Å². The van der Waals surface area contributed by atoms with Crippen molar-refractivity contribution >= 4 is 39.7 Å². The third kappa shape index (κ3) is 7.41. The number of anilines is 1. The van der Waals surface area contributed by atoms with Gasteiger partial charge in [-0.25, -0.2) is 4.79 Å². The van der Waals surface area contributed by atoms with Crippen LogP contribution in [-0.4, -0.2) is 48.5 Å². The van der Waals surface area contributed by atoms with Crippen LogP contribution >= 0.6 is 11.3 Å². The van der Waals surface area contributed by atoms with Gasteiger partial charge in [0.15, 0.2) is 0 Å². The van der Waals surface area contributed by atoms with Gasteiger partial charge < -0.3 is 19.9 Å². The lowest BCUT2D eigenvalue weighted by atomic mass is 10.1. The molecule has 0 bridgehead atoms. The van der Waals surface area contributed by atoms with Crippen LogP contribution in [-0.2, 0) is 22.6 Å². The number of nitrogens with one attached hydrogen (secondary N) is 1. The molecule has 0 unspecified atom stereocenters. The fourth-order valence-corrected chi connectivity index (χ4v) is 5.14. The quantitative estimate of drug-likeness (QED) is 0.238. The lowest BCUT2D eigenvalue weighted by Gasteiger charge is -2.28. The minimum absolute atomic E-state index is 0.0164. The van der Waals surface area contributed by atoms with Crippen LogP contribution in [0.15, 0.2) is 84.9 Å². The number of nitrogens with zero attached hydrogens (tertiary/aromatic N) is 2. The Labute approximate surface area is 222 Å². The fraction of sp³-hybridized carbons (Fsp3) is 0.267. The predicted molar refractivity (Wildman–Crippen MR) is 151 cm³/mol. The van der Waals surface area contributed by atoms with Gasteiger partial charge in [0.05, 0.1) is 12.2 Å². The first-order valence-electron chi connectivity index (χ1n) is 12.4.